The Hall–Kier alpha value is -0.160. The third-order valence-electron chi connectivity index (χ3n) is 2.75. The van der Waals surface area contributed by atoms with Crippen molar-refractivity contribution in [2.45, 2.75) is 46.1 Å². The van der Waals surface area contributed by atoms with E-state index >= 15 is 0 Å². The number of ether oxygens (including phenoxy) is 3. The van der Waals surface area contributed by atoms with Gasteiger partial charge in [-0.15, -0.1) is 0 Å². The molecule has 0 amide bonds. The van der Waals surface area contributed by atoms with E-state index in [2.05, 4.69) is 26.1 Å². The van der Waals surface area contributed by atoms with Crippen LogP contribution in [0.25, 0.3) is 0 Å². The molecular weight excluding hydrogens is 242 g/mol. The van der Waals surface area contributed by atoms with Gasteiger partial charge in [0.2, 0.25) is 0 Å². The SMILES string of the molecule is CCCC(CNCC(C)C)OCCCOCCOC. The highest BCUT2D eigenvalue weighted by atomic mass is 16.5. The van der Waals surface area contributed by atoms with E-state index in [-0.39, 0.29) is 0 Å². The van der Waals surface area contributed by atoms with Crippen LogP contribution in [0.1, 0.15) is 40.0 Å². The molecule has 0 aromatic carbocycles. The van der Waals surface area contributed by atoms with Crippen LogP contribution in [0.15, 0.2) is 0 Å². The largest absolute Gasteiger partial charge is 0.382 e. The Morgan fingerprint density at radius 2 is 1.79 bits per heavy atom. The second-order valence-corrected chi connectivity index (χ2v) is 5.29. The second-order valence-electron chi connectivity index (χ2n) is 5.29. The molecule has 0 aliphatic heterocycles. The molecule has 1 N–H and O–H groups in total. The summed E-state index contributed by atoms with van der Waals surface area (Å²) in [6.45, 7) is 11.5. The first kappa shape index (κ1) is 18.8. The summed E-state index contributed by atoms with van der Waals surface area (Å²) in [6, 6.07) is 0. The molecule has 4 heteroatoms. The van der Waals surface area contributed by atoms with Crippen LogP contribution in [-0.4, -0.2) is 52.7 Å². The van der Waals surface area contributed by atoms with Crippen molar-refractivity contribution < 1.29 is 14.2 Å². The first-order chi connectivity index (χ1) is 9.20. The highest BCUT2D eigenvalue weighted by Crippen LogP contribution is 2.02. The fourth-order valence-corrected chi connectivity index (χ4v) is 1.75. The fourth-order valence-electron chi connectivity index (χ4n) is 1.75. The van der Waals surface area contributed by atoms with E-state index in [0.717, 1.165) is 39.1 Å². The minimum atomic E-state index is 0.336. The van der Waals surface area contributed by atoms with Crippen molar-refractivity contribution in [3.8, 4) is 0 Å². The van der Waals surface area contributed by atoms with E-state index < -0.39 is 0 Å². The lowest BCUT2D eigenvalue weighted by molar-refractivity contribution is 0.0201. The van der Waals surface area contributed by atoms with Crippen LogP contribution in [0.2, 0.25) is 0 Å². The number of nitrogens with one attached hydrogen (secondary N) is 1. The molecule has 0 bridgehead atoms. The third-order valence-corrected chi connectivity index (χ3v) is 2.75. The van der Waals surface area contributed by atoms with Gasteiger partial charge >= 0.3 is 0 Å². The van der Waals surface area contributed by atoms with Crippen LogP contribution in [0.5, 0.6) is 0 Å². The molecule has 116 valence electrons. The van der Waals surface area contributed by atoms with Crippen LogP contribution in [0.4, 0.5) is 0 Å². The third kappa shape index (κ3) is 14.1. The number of hydrogen-bond donors (Lipinski definition) is 1. The highest BCUT2D eigenvalue weighted by Gasteiger charge is 2.07. The lowest BCUT2D eigenvalue weighted by Crippen LogP contribution is -2.31. The van der Waals surface area contributed by atoms with Crippen LogP contribution in [-0.2, 0) is 14.2 Å². The van der Waals surface area contributed by atoms with Crippen LogP contribution >= 0.6 is 0 Å². The first-order valence-electron chi connectivity index (χ1n) is 7.59. The molecule has 19 heavy (non-hydrogen) atoms. The van der Waals surface area contributed by atoms with Crippen LogP contribution in [0.3, 0.4) is 0 Å². The van der Waals surface area contributed by atoms with E-state index in [4.69, 9.17) is 14.2 Å². The average Bonchev–Trinajstić information content (AvgIpc) is 2.37. The van der Waals surface area contributed by atoms with Gasteiger partial charge < -0.3 is 19.5 Å². The molecule has 0 spiro atoms. The lowest BCUT2D eigenvalue weighted by Gasteiger charge is -2.18. The molecule has 0 aliphatic rings. The fraction of sp³-hybridized carbons (Fsp3) is 1.00. The van der Waals surface area contributed by atoms with Crippen LogP contribution in [0, 0.1) is 5.92 Å². The molecule has 0 fully saturated rings. The Bertz CT molecular complexity index is 177. The van der Waals surface area contributed by atoms with Gasteiger partial charge in [-0.1, -0.05) is 27.2 Å². The Balaban J connectivity index is 3.47. The van der Waals surface area contributed by atoms with Gasteiger partial charge in [-0.2, -0.15) is 0 Å². The maximum absolute atomic E-state index is 5.90. The van der Waals surface area contributed by atoms with Crippen molar-refractivity contribution in [1.82, 2.24) is 5.32 Å². The molecule has 1 unspecified atom stereocenters. The molecule has 4 nitrogen and oxygen atoms in total. The molecule has 0 radical (unpaired) electrons. The smallest absolute Gasteiger partial charge is 0.0700 e. The van der Waals surface area contributed by atoms with Gasteiger partial charge in [0.05, 0.1) is 19.3 Å². The molecule has 1 atom stereocenters. The van der Waals surface area contributed by atoms with Crippen molar-refractivity contribution in [1.29, 1.82) is 0 Å². The van der Waals surface area contributed by atoms with Crippen molar-refractivity contribution in [3.63, 3.8) is 0 Å². The van der Waals surface area contributed by atoms with E-state index in [0.29, 0.717) is 25.2 Å². The van der Waals surface area contributed by atoms with Gasteiger partial charge in [0, 0.05) is 26.9 Å². The maximum atomic E-state index is 5.90. The molecule has 0 saturated carbocycles. The predicted molar refractivity (Wildman–Crippen MR) is 79.7 cm³/mol. The zero-order chi connectivity index (χ0) is 14.3. The van der Waals surface area contributed by atoms with Crippen LogP contribution < -0.4 is 5.32 Å². The number of methoxy groups -OCH3 is 1. The summed E-state index contributed by atoms with van der Waals surface area (Å²) < 4.78 is 16.2. The number of rotatable bonds is 14. The quantitative estimate of drug-likeness (QED) is 0.494. The monoisotopic (exact) mass is 275 g/mol. The van der Waals surface area contributed by atoms with Crippen molar-refractivity contribution in [2.24, 2.45) is 5.92 Å². The molecule has 0 rings (SSSR count). The first-order valence-corrected chi connectivity index (χ1v) is 7.59. The zero-order valence-corrected chi connectivity index (χ0v) is 13.2. The maximum Gasteiger partial charge on any atom is 0.0700 e. The zero-order valence-electron chi connectivity index (χ0n) is 13.2. The van der Waals surface area contributed by atoms with E-state index in [9.17, 15) is 0 Å². The highest BCUT2D eigenvalue weighted by molar-refractivity contribution is 4.62. The topological polar surface area (TPSA) is 39.7 Å². The lowest BCUT2D eigenvalue weighted by atomic mass is 10.2. The van der Waals surface area contributed by atoms with Gasteiger partial charge in [0.15, 0.2) is 0 Å². The summed E-state index contributed by atoms with van der Waals surface area (Å²) in [5.41, 5.74) is 0. The van der Waals surface area contributed by atoms with Gasteiger partial charge in [-0.3, -0.25) is 0 Å². The Labute approximate surface area is 119 Å². The second kappa shape index (κ2) is 14.3. The molecule has 0 aromatic rings. The van der Waals surface area contributed by atoms with E-state index in [1.165, 1.54) is 6.42 Å². The van der Waals surface area contributed by atoms with Gasteiger partial charge in [0.1, 0.15) is 0 Å². The summed E-state index contributed by atoms with van der Waals surface area (Å²) in [5.74, 6) is 0.691. The summed E-state index contributed by atoms with van der Waals surface area (Å²) in [7, 11) is 1.69. The Kier molecular flexibility index (Phi) is 14.1. The molecule has 0 aromatic heterocycles. The minimum absolute atomic E-state index is 0.336. The van der Waals surface area contributed by atoms with Gasteiger partial charge in [-0.05, 0) is 25.3 Å². The van der Waals surface area contributed by atoms with Gasteiger partial charge in [-0.25, -0.2) is 0 Å². The van der Waals surface area contributed by atoms with E-state index in [1.807, 2.05) is 0 Å². The molecular formula is C15H33NO3. The minimum Gasteiger partial charge on any atom is -0.382 e. The molecule has 0 heterocycles. The predicted octanol–water partition coefficient (Wildman–Crippen LogP) is 2.47. The molecule has 0 aliphatic carbocycles. The van der Waals surface area contributed by atoms with E-state index in [1.54, 1.807) is 7.11 Å². The average molecular weight is 275 g/mol. The Morgan fingerprint density at radius 3 is 2.42 bits per heavy atom. The van der Waals surface area contributed by atoms with Crippen molar-refractivity contribution in [2.75, 3.05) is 46.6 Å². The molecule has 0 saturated heterocycles. The normalized spacial score (nSPS) is 13.1. The summed E-state index contributed by atoms with van der Waals surface area (Å²) in [6.07, 6.45) is 3.57. The summed E-state index contributed by atoms with van der Waals surface area (Å²) in [4.78, 5) is 0. The van der Waals surface area contributed by atoms with Crippen molar-refractivity contribution >= 4 is 0 Å². The Morgan fingerprint density at radius 1 is 1.00 bits per heavy atom. The van der Waals surface area contributed by atoms with Gasteiger partial charge in [0.25, 0.3) is 0 Å². The standard InChI is InChI=1S/C15H33NO3/c1-5-7-15(13-16-12-14(2)3)19-9-6-8-18-11-10-17-4/h14-16H,5-13H2,1-4H3. The van der Waals surface area contributed by atoms with Crippen molar-refractivity contribution in [3.05, 3.63) is 0 Å². The number of hydrogen-bond acceptors (Lipinski definition) is 4. The summed E-state index contributed by atoms with van der Waals surface area (Å²) in [5, 5.41) is 3.47. The summed E-state index contributed by atoms with van der Waals surface area (Å²) >= 11 is 0.